The van der Waals surface area contributed by atoms with E-state index in [1.807, 2.05) is 51.1 Å². The summed E-state index contributed by atoms with van der Waals surface area (Å²) in [6.07, 6.45) is 0.765. The lowest BCUT2D eigenvalue weighted by Gasteiger charge is -2.19. The zero-order valence-corrected chi connectivity index (χ0v) is 19.8. The number of carbonyl (C=O) groups is 1. The van der Waals surface area contributed by atoms with Crippen molar-refractivity contribution in [2.75, 3.05) is 6.54 Å². The Morgan fingerprint density at radius 3 is 2.61 bits per heavy atom. The molecule has 170 valence electrons. The molecule has 9 heteroatoms. The van der Waals surface area contributed by atoms with Crippen LogP contribution in [0.25, 0.3) is 17.1 Å². The van der Waals surface area contributed by atoms with Crippen LogP contribution >= 0.6 is 11.6 Å². The third kappa shape index (κ3) is 4.80. The molecule has 0 aliphatic heterocycles. The van der Waals surface area contributed by atoms with Crippen LogP contribution in [0.4, 0.5) is 0 Å². The maximum Gasteiger partial charge on any atom is 0.276 e. The second-order valence-electron chi connectivity index (χ2n) is 7.92. The molecule has 2 heterocycles. The zero-order chi connectivity index (χ0) is 23.5. The standard InChI is InChI=1S/C24H25ClN6O2/c1-5-12-30(14-21-26-27-23(33-21)18-8-6-7-9-19(18)25)24(32)22-17(4)28-31(29-22)20-11-10-15(2)13-16(20)3/h6-11,13H,5,12,14H2,1-4H3. The van der Waals surface area contributed by atoms with Crippen molar-refractivity contribution in [1.29, 1.82) is 0 Å². The number of benzene rings is 2. The number of nitrogens with zero attached hydrogens (tertiary/aromatic N) is 6. The van der Waals surface area contributed by atoms with Gasteiger partial charge >= 0.3 is 0 Å². The lowest BCUT2D eigenvalue weighted by molar-refractivity contribution is 0.0721. The summed E-state index contributed by atoms with van der Waals surface area (Å²) in [5.74, 6) is 0.408. The quantitative estimate of drug-likeness (QED) is 0.384. The largest absolute Gasteiger partial charge is 0.419 e. The first-order valence-electron chi connectivity index (χ1n) is 10.8. The molecule has 0 atom stereocenters. The van der Waals surface area contributed by atoms with Gasteiger partial charge in [0.25, 0.3) is 5.91 Å². The number of carbonyl (C=O) groups excluding carboxylic acids is 1. The Kier molecular flexibility index (Phi) is 6.55. The van der Waals surface area contributed by atoms with Gasteiger partial charge in [0.05, 0.1) is 28.5 Å². The second kappa shape index (κ2) is 9.54. The topological polar surface area (TPSA) is 89.9 Å². The Balaban J connectivity index is 1.58. The van der Waals surface area contributed by atoms with Gasteiger partial charge in [-0.05, 0) is 51.0 Å². The lowest BCUT2D eigenvalue weighted by atomic mass is 10.1. The van der Waals surface area contributed by atoms with Gasteiger partial charge < -0.3 is 9.32 Å². The minimum Gasteiger partial charge on any atom is -0.419 e. The number of rotatable bonds is 7. The van der Waals surface area contributed by atoms with E-state index in [-0.39, 0.29) is 12.5 Å². The molecule has 4 aromatic rings. The molecule has 0 bridgehead atoms. The zero-order valence-electron chi connectivity index (χ0n) is 19.0. The molecule has 2 aromatic heterocycles. The van der Waals surface area contributed by atoms with Crippen LogP contribution in [0.1, 0.15) is 46.5 Å². The highest BCUT2D eigenvalue weighted by molar-refractivity contribution is 6.33. The summed E-state index contributed by atoms with van der Waals surface area (Å²) in [5, 5.41) is 17.7. The molecule has 0 aliphatic carbocycles. The van der Waals surface area contributed by atoms with Gasteiger partial charge in [0.1, 0.15) is 0 Å². The van der Waals surface area contributed by atoms with Crippen LogP contribution in [0, 0.1) is 20.8 Å². The van der Waals surface area contributed by atoms with E-state index in [2.05, 4.69) is 26.5 Å². The van der Waals surface area contributed by atoms with Crippen LogP contribution < -0.4 is 0 Å². The molecule has 33 heavy (non-hydrogen) atoms. The van der Waals surface area contributed by atoms with Crippen molar-refractivity contribution >= 4 is 17.5 Å². The van der Waals surface area contributed by atoms with Gasteiger partial charge in [0.2, 0.25) is 11.8 Å². The minimum absolute atomic E-state index is 0.167. The van der Waals surface area contributed by atoms with Gasteiger partial charge in [-0.1, -0.05) is 48.4 Å². The fourth-order valence-corrected chi connectivity index (χ4v) is 3.83. The van der Waals surface area contributed by atoms with Crippen LogP contribution in [-0.2, 0) is 6.54 Å². The number of hydrogen-bond donors (Lipinski definition) is 0. The molecule has 0 unspecified atom stereocenters. The first kappa shape index (κ1) is 22.7. The van der Waals surface area contributed by atoms with Crippen molar-refractivity contribution in [2.24, 2.45) is 0 Å². The van der Waals surface area contributed by atoms with Crippen LogP contribution in [0.5, 0.6) is 0 Å². The van der Waals surface area contributed by atoms with E-state index in [0.29, 0.717) is 40.3 Å². The van der Waals surface area contributed by atoms with Crippen molar-refractivity contribution < 1.29 is 9.21 Å². The Morgan fingerprint density at radius 2 is 1.88 bits per heavy atom. The highest BCUT2D eigenvalue weighted by Gasteiger charge is 2.24. The lowest BCUT2D eigenvalue weighted by Crippen LogP contribution is -2.32. The molecule has 4 rings (SSSR count). The van der Waals surface area contributed by atoms with Gasteiger partial charge in [-0.25, -0.2) is 0 Å². The van der Waals surface area contributed by atoms with E-state index in [4.69, 9.17) is 16.0 Å². The number of aromatic nitrogens is 5. The van der Waals surface area contributed by atoms with Crippen LogP contribution in [0.3, 0.4) is 0 Å². The van der Waals surface area contributed by atoms with Gasteiger partial charge in [-0.3, -0.25) is 4.79 Å². The maximum atomic E-state index is 13.4. The summed E-state index contributed by atoms with van der Waals surface area (Å²) >= 11 is 6.23. The summed E-state index contributed by atoms with van der Waals surface area (Å²) in [5.41, 5.74) is 4.54. The van der Waals surface area contributed by atoms with Crippen LogP contribution in [0.15, 0.2) is 46.9 Å². The molecule has 0 spiro atoms. The number of amides is 1. The highest BCUT2D eigenvalue weighted by Crippen LogP contribution is 2.26. The average molecular weight is 465 g/mol. The molecule has 0 aliphatic rings. The summed E-state index contributed by atoms with van der Waals surface area (Å²) in [6.45, 7) is 8.50. The predicted molar refractivity (Wildman–Crippen MR) is 125 cm³/mol. The summed E-state index contributed by atoms with van der Waals surface area (Å²) in [4.78, 5) is 16.5. The van der Waals surface area contributed by atoms with Gasteiger partial charge in [0, 0.05) is 6.54 Å². The predicted octanol–water partition coefficient (Wildman–Crippen LogP) is 4.95. The Labute approximate surface area is 197 Å². The average Bonchev–Trinajstić information content (AvgIpc) is 3.40. The van der Waals surface area contributed by atoms with Gasteiger partial charge in [-0.2, -0.15) is 9.90 Å². The smallest absolute Gasteiger partial charge is 0.276 e. The summed E-state index contributed by atoms with van der Waals surface area (Å²) in [6, 6.07) is 13.3. The first-order valence-corrected chi connectivity index (χ1v) is 11.1. The molecule has 8 nitrogen and oxygen atoms in total. The molecule has 0 saturated heterocycles. The molecule has 0 fully saturated rings. The molecule has 0 N–H and O–H groups in total. The SMILES string of the molecule is CCCN(Cc1nnc(-c2ccccc2Cl)o1)C(=O)c1nn(-c2ccc(C)cc2C)nc1C. The third-order valence-corrected chi connectivity index (χ3v) is 5.56. The molecule has 1 amide bonds. The molecule has 0 radical (unpaired) electrons. The third-order valence-electron chi connectivity index (χ3n) is 5.23. The van der Waals surface area contributed by atoms with E-state index in [9.17, 15) is 4.79 Å². The first-order chi connectivity index (χ1) is 15.9. The summed E-state index contributed by atoms with van der Waals surface area (Å²) < 4.78 is 5.80. The van der Waals surface area contributed by atoms with Crippen LogP contribution in [0.2, 0.25) is 5.02 Å². The van der Waals surface area contributed by atoms with Crippen molar-refractivity contribution in [3.05, 3.63) is 75.9 Å². The fourth-order valence-electron chi connectivity index (χ4n) is 3.61. The van der Waals surface area contributed by atoms with Crippen molar-refractivity contribution in [3.63, 3.8) is 0 Å². The molecular formula is C24H25ClN6O2. The van der Waals surface area contributed by atoms with E-state index in [1.165, 1.54) is 4.80 Å². The Bertz CT molecular complexity index is 1300. The van der Waals surface area contributed by atoms with Gasteiger partial charge in [0.15, 0.2) is 5.69 Å². The van der Waals surface area contributed by atoms with Crippen molar-refractivity contribution in [3.8, 4) is 17.1 Å². The fraction of sp³-hybridized carbons (Fsp3) is 0.292. The molecule has 0 saturated carbocycles. The second-order valence-corrected chi connectivity index (χ2v) is 8.33. The Morgan fingerprint density at radius 1 is 1.09 bits per heavy atom. The normalized spacial score (nSPS) is 11.1. The summed E-state index contributed by atoms with van der Waals surface area (Å²) in [7, 11) is 0. The number of hydrogen-bond acceptors (Lipinski definition) is 6. The van der Waals surface area contributed by atoms with Crippen molar-refractivity contribution in [2.45, 2.75) is 40.7 Å². The van der Waals surface area contributed by atoms with Crippen molar-refractivity contribution in [1.82, 2.24) is 30.1 Å². The van der Waals surface area contributed by atoms with Crippen LogP contribution in [-0.4, -0.2) is 42.5 Å². The minimum atomic E-state index is -0.233. The molecule has 2 aromatic carbocycles. The molecular weight excluding hydrogens is 440 g/mol. The number of halogens is 1. The van der Waals surface area contributed by atoms with E-state index < -0.39 is 0 Å². The van der Waals surface area contributed by atoms with Gasteiger partial charge in [-0.15, -0.1) is 15.3 Å². The van der Waals surface area contributed by atoms with E-state index in [1.54, 1.807) is 17.9 Å². The monoisotopic (exact) mass is 464 g/mol. The van der Waals surface area contributed by atoms with E-state index >= 15 is 0 Å². The van der Waals surface area contributed by atoms with E-state index in [0.717, 1.165) is 23.2 Å². The Hall–Kier alpha value is -3.52. The number of aryl methyl sites for hydroxylation is 3. The highest BCUT2D eigenvalue weighted by atomic mass is 35.5. The maximum absolute atomic E-state index is 13.4.